The van der Waals surface area contributed by atoms with Crippen molar-refractivity contribution < 1.29 is 4.74 Å². The number of nitrogens with two attached hydrogens (primary N) is 1. The minimum Gasteiger partial charge on any atom is -0.374 e. The molecule has 0 aliphatic carbocycles. The fourth-order valence-corrected chi connectivity index (χ4v) is 3.86. The average Bonchev–Trinajstić information content (AvgIpc) is 2.89. The molecule has 3 heteroatoms. The van der Waals surface area contributed by atoms with Crippen LogP contribution in [0, 0.1) is 5.41 Å². The molecule has 0 saturated carbocycles. The Morgan fingerprint density at radius 1 is 1.41 bits per heavy atom. The summed E-state index contributed by atoms with van der Waals surface area (Å²) in [5, 5.41) is 0. The van der Waals surface area contributed by atoms with Gasteiger partial charge in [-0.3, -0.25) is 0 Å². The van der Waals surface area contributed by atoms with Crippen LogP contribution in [0.25, 0.3) is 0 Å². The first-order valence-corrected chi connectivity index (χ1v) is 7.11. The first-order chi connectivity index (χ1) is 8.22. The van der Waals surface area contributed by atoms with Crippen molar-refractivity contribution in [2.45, 2.75) is 37.9 Å². The number of hydrogen-bond donors (Lipinski definition) is 1. The predicted octanol–water partition coefficient (Wildman–Crippen LogP) is 2.89. The van der Waals surface area contributed by atoms with E-state index in [9.17, 15) is 0 Å². The molecule has 1 aromatic rings. The van der Waals surface area contributed by atoms with E-state index in [1.165, 1.54) is 18.4 Å². The van der Waals surface area contributed by atoms with Crippen LogP contribution in [0.15, 0.2) is 28.7 Å². The van der Waals surface area contributed by atoms with E-state index in [0.717, 1.165) is 23.9 Å². The molecule has 0 spiro atoms. The normalized spacial score (nSPS) is 35.4. The maximum atomic E-state index is 6.05. The third kappa shape index (κ3) is 2.05. The van der Waals surface area contributed by atoms with Crippen LogP contribution >= 0.6 is 15.9 Å². The van der Waals surface area contributed by atoms with Crippen molar-refractivity contribution in [1.82, 2.24) is 0 Å². The van der Waals surface area contributed by atoms with Gasteiger partial charge < -0.3 is 10.5 Å². The van der Waals surface area contributed by atoms with Crippen LogP contribution in [-0.2, 0) is 11.2 Å². The SMILES string of the molecule is NCC1(Cc2cccc(Br)c2)CC2CCC1O2. The third-order valence-electron chi connectivity index (χ3n) is 4.28. The van der Waals surface area contributed by atoms with Crippen LogP contribution in [0.1, 0.15) is 24.8 Å². The minimum absolute atomic E-state index is 0.184. The molecule has 3 atom stereocenters. The van der Waals surface area contributed by atoms with Crippen molar-refractivity contribution in [3.63, 3.8) is 0 Å². The minimum atomic E-state index is 0.184. The molecular formula is C14H18BrNO. The highest BCUT2D eigenvalue weighted by Gasteiger charge is 2.51. The number of ether oxygens (including phenoxy) is 1. The van der Waals surface area contributed by atoms with Gasteiger partial charge in [0.15, 0.2) is 0 Å². The van der Waals surface area contributed by atoms with Crippen LogP contribution < -0.4 is 5.73 Å². The summed E-state index contributed by atoms with van der Waals surface area (Å²) in [5.41, 5.74) is 7.60. The van der Waals surface area contributed by atoms with E-state index in [1.807, 2.05) is 0 Å². The van der Waals surface area contributed by atoms with Gasteiger partial charge in [-0.1, -0.05) is 28.1 Å². The summed E-state index contributed by atoms with van der Waals surface area (Å²) in [4.78, 5) is 0. The smallest absolute Gasteiger partial charge is 0.0652 e. The van der Waals surface area contributed by atoms with Crippen molar-refractivity contribution in [3.8, 4) is 0 Å². The molecule has 0 amide bonds. The van der Waals surface area contributed by atoms with Gasteiger partial charge in [0.25, 0.3) is 0 Å². The van der Waals surface area contributed by atoms with Gasteiger partial charge in [-0.05, 0) is 43.4 Å². The molecule has 17 heavy (non-hydrogen) atoms. The number of hydrogen-bond acceptors (Lipinski definition) is 2. The first-order valence-electron chi connectivity index (χ1n) is 6.32. The van der Waals surface area contributed by atoms with Gasteiger partial charge in [-0.15, -0.1) is 0 Å². The summed E-state index contributed by atoms with van der Waals surface area (Å²) in [6.45, 7) is 0.737. The number of fused-ring (bicyclic) bond motifs is 2. The zero-order valence-electron chi connectivity index (χ0n) is 9.86. The van der Waals surface area contributed by atoms with E-state index in [4.69, 9.17) is 10.5 Å². The quantitative estimate of drug-likeness (QED) is 0.931. The van der Waals surface area contributed by atoms with Crippen LogP contribution in [-0.4, -0.2) is 18.8 Å². The molecule has 2 saturated heterocycles. The Morgan fingerprint density at radius 2 is 2.29 bits per heavy atom. The van der Waals surface area contributed by atoms with Gasteiger partial charge in [0.05, 0.1) is 12.2 Å². The topological polar surface area (TPSA) is 35.2 Å². The summed E-state index contributed by atoms with van der Waals surface area (Å²) >= 11 is 3.53. The zero-order valence-corrected chi connectivity index (χ0v) is 11.4. The molecule has 0 aromatic heterocycles. The Bertz CT molecular complexity index is 422. The Balaban J connectivity index is 1.83. The average molecular weight is 296 g/mol. The second-order valence-corrected chi connectivity index (χ2v) is 6.32. The lowest BCUT2D eigenvalue weighted by Gasteiger charge is -2.34. The van der Waals surface area contributed by atoms with E-state index in [1.54, 1.807) is 0 Å². The van der Waals surface area contributed by atoms with Gasteiger partial charge in [-0.25, -0.2) is 0 Å². The molecule has 1 aromatic carbocycles. The van der Waals surface area contributed by atoms with Gasteiger partial charge in [0.2, 0.25) is 0 Å². The fraction of sp³-hybridized carbons (Fsp3) is 0.571. The Kier molecular flexibility index (Phi) is 3.01. The van der Waals surface area contributed by atoms with Crippen LogP contribution in [0.3, 0.4) is 0 Å². The lowest BCUT2D eigenvalue weighted by atomic mass is 9.70. The molecular weight excluding hydrogens is 278 g/mol. The van der Waals surface area contributed by atoms with Crippen molar-refractivity contribution in [2.24, 2.45) is 11.1 Å². The monoisotopic (exact) mass is 295 g/mol. The van der Waals surface area contributed by atoms with E-state index in [2.05, 4.69) is 40.2 Å². The van der Waals surface area contributed by atoms with Crippen molar-refractivity contribution >= 4 is 15.9 Å². The van der Waals surface area contributed by atoms with Gasteiger partial charge >= 0.3 is 0 Å². The molecule has 2 nitrogen and oxygen atoms in total. The molecule has 2 N–H and O–H groups in total. The predicted molar refractivity (Wildman–Crippen MR) is 71.8 cm³/mol. The summed E-state index contributed by atoms with van der Waals surface area (Å²) < 4.78 is 7.13. The Morgan fingerprint density at radius 3 is 2.88 bits per heavy atom. The molecule has 2 bridgehead atoms. The Labute approximate surface area is 111 Å². The number of halogens is 1. The summed E-state index contributed by atoms with van der Waals surface area (Å²) in [7, 11) is 0. The van der Waals surface area contributed by atoms with E-state index < -0.39 is 0 Å². The maximum absolute atomic E-state index is 6.05. The fourth-order valence-electron chi connectivity index (χ4n) is 3.42. The molecule has 2 aliphatic rings. The molecule has 92 valence electrons. The Hall–Kier alpha value is -0.380. The second kappa shape index (κ2) is 4.38. The van der Waals surface area contributed by atoms with Crippen LogP contribution in [0.2, 0.25) is 0 Å². The lowest BCUT2D eigenvalue weighted by Crippen LogP contribution is -2.41. The number of rotatable bonds is 3. The lowest BCUT2D eigenvalue weighted by molar-refractivity contribution is 0.0636. The summed E-state index contributed by atoms with van der Waals surface area (Å²) in [5.74, 6) is 0. The van der Waals surface area contributed by atoms with Crippen LogP contribution in [0.5, 0.6) is 0 Å². The van der Waals surface area contributed by atoms with Crippen LogP contribution in [0.4, 0.5) is 0 Å². The molecule has 3 unspecified atom stereocenters. The molecule has 2 fully saturated rings. The van der Waals surface area contributed by atoms with E-state index >= 15 is 0 Å². The highest BCUT2D eigenvalue weighted by atomic mass is 79.9. The first kappa shape index (κ1) is 11.7. The van der Waals surface area contributed by atoms with E-state index in [0.29, 0.717) is 12.2 Å². The van der Waals surface area contributed by atoms with Crippen molar-refractivity contribution in [3.05, 3.63) is 34.3 Å². The molecule has 2 heterocycles. The summed E-state index contributed by atoms with van der Waals surface area (Å²) in [6.07, 6.45) is 5.46. The standard InChI is InChI=1S/C14H18BrNO/c15-11-3-1-2-10(6-11)7-14(9-16)8-12-4-5-13(14)17-12/h1-3,6,12-13H,4-5,7-9,16H2. The molecule has 3 rings (SSSR count). The van der Waals surface area contributed by atoms with Gasteiger partial charge in [-0.2, -0.15) is 0 Å². The number of benzene rings is 1. The third-order valence-corrected chi connectivity index (χ3v) is 4.77. The molecule has 0 radical (unpaired) electrons. The highest BCUT2D eigenvalue weighted by Crippen LogP contribution is 2.49. The van der Waals surface area contributed by atoms with Crippen molar-refractivity contribution in [1.29, 1.82) is 0 Å². The van der Waals surface area contributed by atoms with Gasteiger partial charge in [0.1, 0.15) is 0 Å². The largest absolute Gasteiger partial charge is 0.374 e. The second-order valence-electron chi connectivity index (χ2n) is 5.40. The van der Waals surface area contributed by atoms with Gasteiger partial charge in [0, 0.05) is 16.4 Å². The maximum Gasteiger partial charge on any atom is 0.0652 e. The molecule has 2 aliphatic heterocycles. The summed E-state index contributed by atoms with van der Waals surface area (Å²) in [6, 6.07) is 8.55. The zero-order chi connectivity index (χ0) is 11.9. The van der Waals surface area contributed by atoms with E-state index in [-0.39, 0.29) is 5.41 Å². The highest BCUT2D eigenvalue weighted by molar-refractivity contribution is 9.10. The van der Waals surface area contributed by atoms with Crippen molar-refractivity contribution in [2.75, 3.05) is 6.54 Å².